The summed E-state index contributed by atoms with van der Waals surface area (Å²) in [6.45, 7) is 20.9. The van der Waals surface area contributed by atoms with Crippen LogP contribution in [-0.2, 0) is 27.3 Å². The molecule has 0 unspecified atom stereocenters. The van der Waals surface area contributed by atoms with Gasteiger partial charge in [0.15, 0.2) is 0 Å². The molecule has 1 fully saturated rings. The van der Waals surface area contributed by atoms with Gasteiger partial charge in [-0.1, -0.05) is 25.7 Å². The van der Waals surface area contributed by atoms with E-state index < -0.39 is 26.4 Å². The van der Waals surface area contributed by atoms with Gasteiger partial charge in [-0.3, -0.25) is 9.78 Å². The zero-order chi connectivity index (χ0) is 30.2. The molecule has 0 N–H and O–H groups in total. The first-order valence-corrected chi connectivity index (χ1v) is 18.1. The Morgan fingerprint density at radius 3 is 2.44 bits per heavy atom. The van der Waals surface area contributed by atoms with Gasteiger partial charge < -0.3 is 23.7 Å². The van der Waals surface area contributed by atoms with Crippen LogP contribution in [-0.4, -0.2) is 72.2 Å². The lowest BCUT2D eigenvalue weighted by atomic mass is 9.78. The highest BCUT2D eigenvalue weighted by molar-refractivity contribution is 6.76. The molecule has 41 heavy (non-hydrogen) atoms. The summed E-state index contributed by atoms with van der Waals surface area (Å²) in [5, 5.41) is 5.54. The number of aryl methyl sites for hydroxylation is 1. The van der Waals surface area contributed by atoms with Crippen LogP contribution in [0.25, 0.3) is 10.9 Å². The molecule has 1 amide bonds. The molecule has 222 valence electrons. The zero-order valence-corrected chi connectivity index (χ0v) is 27.3. The van der Waals surface area contributed by atoms with E-state index in [0.717, 1.165) is 33.7 Å². The number of nitrogens with zero attached hydrogens (tertiary/aromatic N) is 4. The van der Waals surface area contributed by atoms with Gasteiger partial charge in [0.1, 0.15) is 12.5 Å². The average molecular weight is 581 g/mol. The summed E-state index contributed by atoms with van der Waals surface area (Å²) in [6.07, 6.45) is 3.66. The second-order valence-electron chi connectivity index (χ2n) is 13.1. The number of ether oxygens (including phenoxy) is 2. The lowest BCUT2D eigenvalue weighted by Gasteiger charge is -2.32. The lowest BCUT2D eigenvalue weighted by Crippen LogP contribution is -2.41. The van der Waals surface area contributed by atoms with Crippen LogP contribution >= 0.6 is 0 Å². The molecule has 0 bridgehead atoms. The fourth-order valence-corrected chi connectivity index (χ4v) is 5.45. The smallest absolute Gasteiger partial charge is 0.494 e. The molecule has 1 aliphatic heterocycles. The van der Waals surface area contributed by atoms with E-state index in [1.54, 1.807) is 24.1 Å². The van der Waals surface area contributed by atoms with Crippen LogP contribution < -0.4 is 10.2 Å². The van der Waals surface area contributed by atoms with Gasteiger partial charge in [-0.15, -0.1) is 0 Å². The van der Waals surface area contributed by atoms with Crippen LogP contribution in [0, 0.1) is 6.92 Å². The van der Waals surface area contributed by atoms with Crippen LogP contribution in [0.1, 0.15) is 56.2 Å². The first-order valence-electron chi connectivity index (χ1n) is 14.4. The fourth-order valence-electron chi connectivity index (χ4n) is 4.70. The maximum Gasteiger partial charge on any atom is 0.498 e. The van der Waals surface area contributed by atoms with E-state index in [1.165, 1.54) is 0 Å². The van der Waals surface area contributed by atoms with E-state index in [0.29, 0.717) is 37.8 Å². The van der Waals surface area contributed by atoms with E-state index >= 15 is 0 Å². The van der Waals surface area contributed by atoms with Crippen molar-refractivity contribution in [3.63, 3.8) is 0 Å². The van der Waals surface area contributed by atoms with Crippen molar-refractivity contribution in [2.24, 2.45) is 0 Å². The number of carbonyl (C=O) groups is 1. The number of hydrogen-bond acceptors (Lipinski definition) is 7. The number of fused-ring (bicyclic) bond motifs is 1. The number of benzene rings is 1. The third-order valence-electron chi connectivity index (χ3n) is 7.98. The summed E-state index contributed by atoms with van der Waals surface area (Å²) in [5.74, 6) is 0.454. The molecular weight excluding hydrogens is 535 g/mol. The predicted octanol–water partition coefficient (Wildman–Crippen LogP) is 5.02. The highest BCUT2D eigenvalue weighted by Crippen LogP contribution is 2.37. The van der Waals surface area contributed by atoms with Gasteiger partial charge in [0.25, 0.3) is 5.91 Å². The van der Waals surface area contributed by atoms with Crippen molar-refractivity contribution < 1.29 is 23.6 Å². The van der Waals surface area contributed by atoms with Gasteiger partial charge in [0.2, 0.25) is 0 Å². The Balaban J connectivity index is 1.54. The maximum atomic E-state index is 13.6. The summed E-state index contributed by atoms with van der Waals surface area (Å²) < 4.78 is 26.3. The molecule has 0 atom stereocenters. The number of amides is 1. The number of carbonyl (C=O) groups excluding carboxylic acids is 1. The average Bonchev–Trinajstić information content (AvgIpc) is 3.40. The Morgan fingerprint density at radius 2 is 1.80 bits per heavy atom. The van der Waals surface area contributed by atoms with Crippen LogP contribution in [0.4, 0.5) is 0 Å². The van der Waals surface area contributed by atoms with Crippen LogP contribution in [0.2, 0.25) is 25.7 Å². The molecule has 1 saturated heterocycles. The van der Waals surface area contributed by atoms with Crippen LogP contribution in [0.5, 0.6) is 5.75 Å². The molecule has 0 spiro atoms. The van der Waals surface area contributed by atoms with Crippen LogP contribution in [0.15, 0.2) is 30.6 Å². The Hall–Kier alpha value is -2.73. The summed E-state index contributed by atoms with van der Waals surface area (Å²) in [6, 6.07) is 6.55. The van der Waals surface area contributed by atoms with Crippen molar-refractivity contribution in [3.8, 4) is 5.75 Å². The molecule has 2 aromatic heterocycles. The summed E-state index contributed by atoms with van der Waals surface area (Å²) in [7, 11) is 0.0283. The molecule has 3 heterocycles. The minimum atomic E-state index is -1.19. The van der Waals surface area contributed by atoms with Crippen LogP contribution in [0.3, 0.4) is 0 Å². The van der Waals surface area contributed by atoms with Crippen molar-refractivity contribution in [2.45, 2.75) is 91.7 Å². The van der Waals surface area contributed by atoms with E-state index in [-0.39, 0.29) is 5.91 Å². The van der Waals surface area contributed by atoms with Gasteiger partial charge >= 0.3 is 7.12 Å². The van der Waals surface area contributed by atoms with Gasteiger partial charge in [-0.05, 0) is 59.7 Å². The highest BCUT2D eigenvalue weighted by atomic mass is 28.3. The fraction of sp³-hybridized carbons (Fsp3) is 0.567. The van der Waals surface area contributed by atoms with Crippen molar-refractivity contribution in [1.29, 1.82) is 0 Å². The number of hydrogen-bond donors (Lipinski definition) is 0. The highest BCUT2D eigenvalue weighted by Gasteiger charge is 2.52. The molecular formula is C30H45BN4O5Si. The molecule has 1 aliphatic rings. The third kappa shape index (κ3) is 6.85. The van der Waals surface area contributed by atoms with E-state index in [4.69, 9.17) is 18.8 Å². The molecule has 0 radical (unpaired) electrons. The minimum absolute atomic E-state index is 0.127. The molecule has 9 nitrogen and oxygen atoms in total. The van der Waals surface area contributed by atoms with E-state index in [9.17, 15) is 4.79 Å². The largest absolute Gasteiger partial charge is 0.498 e. The van der Waals surface area contributed by atoms with Crippen molar-refractivity contribution >= 4 is 37.5 Å². The number of aromatic nitrogens is 3. The summed E-state index contributed by atoms with van der Waals surface area (Å²) in [4.78, 5) is 19.9. The van der Waals surface area contributed by atoms with Crippen molar-refractivity contribution in [1.82, 2.24) is 19.7 Å². The molecule has 0 aliphatic carbocycles. The Morgan fingerprint density at radius 1 is 1.12 bits per heavy atom. The Labute approximate surface area is 245 Å². The van der Waals surface area contributed by atoms with Crippen molar-refractivity contribution in [2.75, 3.05) is 20.3 Å². The van der Waals surface area contributed by atoms with Gasteiger partial charge in [0, 0.05) is 62.1 Å². The predicted molar refractivity (Wildman–Crippen MR) is 165 cm³/mol. The molecule has 4 rings (SSSR count). The zero-order valence-electron chi connectivity index (χ0n) is 26.3. The third-order valence-corrected chi connectivity index (χ3v) is 9.68. The quantitative estimate of drug-likeness (QED) is 0.233. The minimum Gasteiger partial charge on any atom is -0.494 e. The summed E-state index contributed by atoms with van der Waals surface area (Å²) >= 11 is 0. The maximum absolute atomic E-state index is 13.6. The van der Waals surface area contributed by atoms with E-state index in [1.807, 2.05) is 64.7 Å². The SMILES string of the molecule is CCOc1cc(C(=O)N(C)Cc2cnc(C)c3cnn(COCC[Si](C)(C)C)c23)ccc1B1OC(C)(C)C(C)(C)O1. The summed E-state index contributed by atoms with van der Waals surface area (Å²) in [5.41, 5.74) is 3.08. The number of pyridine rings is 1. The second-order valence-corrected chi connectivity index (χ2v) is 18.7. The Bertz CT molecular complexity index is 1390. The molecule has 1 aromatic carbocycles. The van der Waals surface area contributed by atoms with Gasteiger partial charge in [-0.2, -0.15) is 5.10 Å². The van der Waals surface area contributed by atoms with Gasteiger partial charge in [-0.25, -0.2) is 4.68 Å². The first-order chi connectivity index (χ1) is 19.1. The van der Waals surface area contributed by atoms with E-state index in [2.05, 4.69) is 29.7 Å². The Kier molecular flexibility index (Phi) is 9.04. The molecule has 11 heteroatoms. The topological polar surface area (TPSA) is 87.9 Å². The number of rotatable bonds is 11. The molecule has 0 saturated carbocycles. The van der Waals surface area contributed by atoms with Crippen molar-refractivity contribution in [3.05, 3.63) is 47.4 Å². The molecule has 3 aromatic rings. The standard InChI is InChI=1S/C30H45BN4O5Si/c1-11-38-26-16-22(12-13-25(26)31-39-29(3,4)30(5,6)40-31)28(36)34(7)19-23-17-32-21(2)24-18-33-35(27(23)24)20-37-14-15-41(8,9)10/h12-13,16-18H,11,14-15,19-20H2,1-10H3. The van der Waals surface area contributed by atoms with Gasteiger partial charge in [0.05, 0.1) is 29.5 Å². The lowest BCUT2D eigenvalue weighted by molar-refractivity contribution is 0.00578. The normalized spacial score (nSPS) is 16.4. The first kappa shape index (κ1) is 31.2. The second kappa shape index (κ2) is 11.9. The monoisotopic (exact) mass is 580 g/mol.